The van der Waals surface area contributed by atoms with Crippen LogP contribution in [0.2, 0.25) is 0 Å². The van der Waals surface area contributed by atoms with Crippen LogP contribution in [-0.4, -0.2) is 10.2 Å². The van der Waals surface area contributed by atoms with Crippen molar-refractivity contribution in [2.24, 2.45) is 0 Å². The number of hydrogen-bond acceptors (Lipinski definition) is 5. The summed E-state index contributed by atoms with van der Waals surface area (Å²) in [5.74, 6) is 0.365. The highest BCUT2D eigenvalue weighted by Crippen LogP contribution is 2.30. The molecule has 0 bridgehead atoms. The highest BCUT2D eigenvalue weighted by Gasteiger charge is 2.08. The fraction of sp³-hybridized carbons (Fsp3) is 0.125. The number of nitrogens with one attached hydrogen (secondary N) is 1. The number of thioether (sulfide) groups is 1. The first kappa shape index (κ1) is 15.0. The van der Waals surface area contributed by atoms with Gasteiger partial charge in [0.15, 0.2) is 4.34 Å². The summed E-state index contributed by atoms with van der Waals surface area (Å²) < 4.78 is 14.4. The summed E-state index contributed by atoms with van der Waals surface area (Å²) in [5.41, 5.74) is 2.85. The Balaban J connectivity index is 1.64. The predicted octanol–water partition coefficient (Wildman–Crippen LogP) is 5.02. The molecule has 6 heteroatoms. The highest BCUT2D eigenvalue weighted by atomic mass is 32.2. The summed E-state index contributed by atoms with van der Waals surface area (Å²) >= 11 is 2.96. The van der Waals surface area contributed by atoms with Crippen molar-refractivity contribution in [3.8, 4) is 0 Å². The average Bonchev–Trinajstić information content (AvgIpc) is 2.96. The van der Waals surface area contributed by atoms with E-state index in [-0.39, 0.29) is 5.82 Å². The lowest BCUT2D eigenvalue weighted by molar-refractivity contribution is 0.617. The van der Waals surface area contributed by atoms with Gasteiger partial charge in [-0.25, -0.2) is 4.39 Å². The van der Waals surface area contributed by atoms with Crippen LogP contribution in [0.3, 0.4) is 0 Å². The molecule has 22 heavy (non-hydrogen) atoms. The Morgan fingerprint density at radius 3 is 2.68 bits per heavy atom. The molecule has 3 aromatic rings. The van der Waals surface area contributed by atoms with Gasteiger partial charge in [-0.3, -0.25) is 0 Å². The van der Waals surface area contributed by atoms with Crippen molar-refractivity contribution in [3.05, 3.63) is 65.5 Å². The van der Waals surface area contributed by atoms with E-state index in [2.05, 4.69) is 15.5 Å². The minimum absolute atomic E-state index is 0.183. The van der Waals surface area contributed by atoms with Gasteiger partial charge in [-0.05, 0) is 30.2 Å². The van der Waals surface area contributed by atoms with Crippen LogP contribution in [0.4, 0.5) is 15.2 Å². The summed E-state index contributed by atoms with van der Waals surface area (Å²) in [6, 6.07) is 14.8. The zero-order chi connectivity index (χ0) is 15.4. The lowest BCUT2D eigenvalue weighted by Crippen LogP contribution is -1.91. The van der Waals surface area contributed by atoms with Crippen molar-refractivity contribution in [2.75, 3.05) is 5.32 Å². The SMILES string of the molecule is Cc1ccccc1Nc1nnc(SCc2ccccc2F)s1. The molecule has 1 aromatic heterocycles. The lowest BCUT2D eigenvalue weighted by atomic mass is 10.2. The number of aryl methyl sites for hydroxylation is 1. The van der Waals surface area contributed by atoms with E-state index in [9.17, 15) is 4.39 Å². The van der Waals surface area contributed by atoms with E-state index in [4.69, 9.17) is 0 Å². The molecular weight excluding hydrogens is 317 g/mol. The maximum Gasteiger partial charge on any atom is 0.210 e. The van der Waals surface area contributed by atoms with Gasteiger partial charge in [-0.2, -0.15) is 0 Å². The van der Waals surface area contributed by atoms with Crippen molar-refractivity contribution in [2.45, 2.75) is 17.0 Å². The third kappa shape index (κ3) is 3.64. The first-order chi connectivity index (χ1) is 10.7. The molecule has 0 spiro atoms. The van der Waals surface area contributed by atoms with Gasteiger partial charge in [-0.1, -0.05) is 59.5 Å². The van der Waals surface area contributed by atoms with Gasteiger partial charge in [0.05, 0.1) is 0 Å². The van der Waals surface area contributed by atoms with Crippen LogP contribution in [-0.2, 0) is 5.75 Å². The highest BCUT2D eigenvalue weighted by molar-refractivity contribution is 8.00. The van der Waals surface area contributed by atoms with Crippen LogP contribution in [0.5, 0.6) is 0 Å². The summed E-state index contributed by atoms with van der Waals surface area (Å²) in [7, 11) is 0. The molecule has 0 aliphatic heterocycles. The van der Waals surface area contributed by atoms with Gasteiger partial charge >= 0.3 is 0 Å². The zero-order valence-corrected chi connectivity index (χ0v) is 13.5. The Morgan fingerprint density at radius 2 is 1.86 bits per heavy atom. The normalized spacial score (nSPS) is 10.6. The monoisotopic (exact) mass is 331 g/mol. The number of nitrogens with zero attached hydrogens (tertiary/aromatic N) is 2. The molecule has 3 rings (SSSR count). The fourth-order valence-electron chi connectivity index (χ4n) is 1.90. The van der Waals surface area contributed by atoms with E-state index >= 15 is 0 Å². The molecule has 1 heterocycles. The Bertz CT molecular complexity index is 773. The number of rotatable bonds is 5. The van der Waals surface area contributed by atoms with Crippen molar-refractivity contribution in [3.63, 3.8) is 0 Å². The van der Waals surface area contributed by atoms with Crippen molar-refractivity contribution in [1.82, 2.24) is 10.2 Å². The van der Waals surface area contributed by atoms with E-state index in [1.165, 1.54) is 29.2 Å². The smallest absolute Gasteiger partial charge is 0.210 e. The maximum atomic E-state index is 13.6. The second-order valence-corrected chi connectivity index (χ2v) is 6.89. The molecule has 3 nitrogen and oxygen atoms in total. The minimum atomic E-state index is -0.183. The van der Waals surface area contributed by atoms with Crippen molar-refractivity contribution < 1.29 is 4.39 Å². The van der Waals surface area contributed by atoms with Crippen molar-refractivity contribution >= 4 is 33.9 Å². The van der Waals surface area contributed by atoms with Crippen LogP contribution < -0.4 is 5.32 Å². The van der Waals surface area contributed by atoms with Gasteiger partial charge in [0.1, 0.15) is 5.82 Å². The quantitative estimate of drug-likeness (QED) is 0.666. The number of hydrogen-bond donors (Lipinski definition) is 1. The van der Waals surface area contributed by atoms with Gasteiger partial charge < -0.3 is 5.32 Å². The zero-order valence-electron chi connectivity index (χ0n) is 11.9. The first-order valence-corrected chi connectivity index (χ1v) is 8.55. The number of aromatic nitrogens is 2. The number of halogens is 1. The predicted molar refractivity (Wildman–Crippen MR) is 90.3 cm³/mol. The Morgan fingerprint density at radius 1 is 1.09 bits per heavy atom. The van der Waals surface area contributed by atoms with Gasteiger partial charge in [0, 0.05) is 11.4 Å². The van der Waals surface area contributed by atoms with Gasteiger partial charge in [0.25, 0.3) is 0 Å². The Hall–Kier alpha value is -1.92. The van der Waals surface area contributed by atoms with E-state index in [0.29, 0.717) is 11.3 Å². The molecule has 1 N–H and O–H groups in total. The van der Waals surface area contributed by atoms with E-state index < -0.39 is 0 Å². The third-order valence-corrected chi connectivity index (χ3v) is 5.12. The maximum absolute atomic E-state index is 13.6. The molecule has 0 saturated heterocycles. The molecule has 0 fully saturated rings. The summed E-state index contributed by atoms with van der Waals surface area (Å²) in [4.78, 5) is 0. The standard InChI is InChI=1S/C16H14FN3S2/c1-11-6-2-5-9-14(11)18-15-19-20-16(22-15)21-10-12-7-3-4-8-13(12)17/h2-9H,10H2,1H3,(H,18,19). The molecule has 112 valence electrons. The van der Waals surface area contributed by atoms with E-state index in [1.807, 2.05) is 37.3 Å². The molecule has 0 amide bonds. The lowest BCUT2D eigenvalue weighted by Gasteiger charge is -2.04. The second-order valence-electron chi connectivity index (χ2n) is 4.69. The topological polar surface area (TPSA) is 37.8 Å². The van der Waals surface area contributed by atoms with Crippen molar-refractivity contribution in [1.29, 1.82) is 0 Å². The molecular formula is C16H14FN3S2. The number of para-hydroxylation sites is 1. The van der Waals surface area contributed by atoms with E-state index in [1.54, 1.807) is 12.1 Å². The summed E-state index contributed by atoms with van der Waals surface area (Å²) in [6.07, 6.45) is 0. The Kier molecular flexibility index (Phi) is 4.70. The van der Waals surface area contributed by atoms with Crippen LogP contribution in [0.25, 0.3) is 0 Å². The minimum Gasteiger partial charge on any atom is -0.330 e. The number of anilines is 2. The molecule has 0 saturated carbocycles. The van der Waals surface area contributed by atoms with Crippen LogP contribution >= 0.6 is 23.1 Å². The summed E-state index contributed by atoms with van der Waals surface area (Å²) in [5, 5.41) is 12.3. The third-order valence-electron chi connectivity index (χ3n) is 3.10. The first-order valence-electron chi connectivity index (χ1n) is 6.75. The van der Waals surface area contributed by atoms with E-state index in [0.717, 1.165) is 20.7 Å². The molecule has 2 aromatic carbocycles. The summed E-state index contributed by atoms with van der Waals surface area (Å²) in [6.45, 7) is 2.04. The fourth-order valence-corrected chi connectivity index (χ4v) is 3.65. The molecule has 0 radical (unpaired) electrons. The molecule has 0 atom stereocenters. The largest absolute Gasteiger partial charge is 0.330 e. The van der Waals surface area contributed by atoms with Gasteiger partial charge in [0.2, 0.25) is 5.13 Å². The molecule has 0 aliphatic carbocycles. The Labute approximate surface area is 136 Å². The van der Waals surface area contributed by atoms with Crippen LogP contribution in [0.1, 0.15) is 11.1 Å². The number of benzene rings is 2. The molecule has 0 aliphatic rings. The van der Waals surface area contributed by atoms with Gasteiger partial charge in [-0.15, -0.1) is 10.2 Å². The average molecular weight is 331 g/mol. The molecule has 0 unspecified atom stereocenters. The second kappa shape index (κ2) is 6.89. The van der Waals surface area contributed by atoms with Crippen LogP contribution in [0, 0.1) is 12.7 Å². The van der Waals surface area contributed by atoms with Crippen LogP contribution in [0.15, 0.2) is 52.9 Å².